The number of thioether (sulfide) groups is 1. The van der Waals surface area contributed by atoms with Crippen LogP contribution in [0.25, 0.3) is 0 Å². The molecule has 1 aromatic rings. The molecule has 98 valence electrons. The van der Waals surface area contributed by atoms with Gasteiger partial charge in [0.15, 0.2) is 0 Å². The molecule has 18 heavy (non-hydrogen) atoms. The Labute approximate surface area is 113 Å². The molecule has 3 heteroatoms. The summed E-state index contributed by atoms with van der Waals surface area (Å²) < 4.78 is 0. The van der Waals surface area contributed by atoms with Crippen molar-refractivity contribution < 1.29 is 4.79 Å². The summed E-state index contributed by atoms with van der Waals surface area (Å²) in [4.78, 5) is 12.6. The first-order chi connectivity index (χ1) is 8.70. The molecule has 1 aromatic carbocycles. The minimum Gasteiger partial charge on any atom is -0.330 e. The summed E-state index contributed by atoms with van der Waals surface area (Å²) in [7, 11) is 0. The lowest BCUT2D eigenvalue weighted by atomic mass is 9.90. The van der Waals surface area contributed by atoms with E-state index >= 15 is 0 Å². The summed E-state index contributed by atoms with van der Waals surface area (Å²) >= 11 is 1.94. The molecule has 1 unspecified atom stereocenters. The van der Waals surface area contributed by atoms with Crippen molar-refractivity contribution in [3.05, 3.63) is 29.3 Å². The predicted octanol–water partition coefficient (Wildman–Crippen LogP) is 3.14. The van der Waals surface area contributed by atoms with Crippen LogP contribution in [0.4, 0.5) is 0 Å². The standard InChI is InChI=1S/C15H21NOS/c1-11(17)9-12-4-5-15-14(10-12)13(6-7-16)3-2-8-18-15/h4-5,10,13H,2-3,6-9,16H2,1H3. The van der Waals surface area contributed by atoms with Crippen molar-refractivity contribution in [2.24, 2.45) is 5.73 Å². The molecule has 0 radical (unpaired) electrons. The van der Waals surface area contributed by atoms with Gasteiger partial charge >= 0.3 is 0 Å². The van der Waals surface area contributed by atoms with Gasteiger partial charge in [-0.25, -0.2) is 0 Å². The Balaban J connectivity index is 2.30. The number of hydrogen-bond acceptors (Lipinski definition) is 3. The molecule has 0 fully saturated rings. The molecule has 0 spiro atoms. The van der Waals surface area contributed by atoms with E-state index in [2.05, 4.69) is 18.2 Å². The number of nitrogens with two attached hydrogens (primary N) is 1. The summed E-state index contributed by atoms with van der Waals surface area (Å²) in [5, 5.41) is 0. The van der Waals surface area contributed by atoms with Crippen LogP contribution in [0.1, 0.15) is 43.2 Å². The van der Waals surface area contributed by atoms with Crippen LogP contribution in [-0.4, -0.2) is 18.1 Å². The number of fused-ring (bicyclic) bond motifs is 1. The first-order valence-corrected chi connectivity index (χ1v) is 7.64. The van der Waals surface area contributed by atoms with Crippen LogP contribution in [0.3, 0.4) is 0 Å². The van der Waals surface area contributed by atoms with Gasteiger partial charge in [0.05, 0.1) is 0 Å². The number of hydrogen-bond donors (Lipinski definition) is 1. The highest BCUT2D eigenvalue weighted by molar-refractivity contribution is 7.99. The molecule has 1 aliphatic heterocycles. The van der Waals surface area contributed by atoms with Crippen molar-refractivity contribution in [2.75, 3.05) is 12.3 Å². The number of carbonyl (C=O) groups excluding carboxylic acids is 1. The van der Waals surface area contributed by atoms with Crippen molar-refractivity contribution >= 4 is 17.5 Å². The monoisotopic (exact) mass is 263 g/mol. The third-order valence-electron chi connectivity index (χ3n) is 3.44. The lowest BCUT2D eigenvalue weighted by molar-refractivity contribution is -0.116. The molecule has 0 bridgehead atoms. The Bertz CT molecular complexity index is 431. The first kappa shape index (κ1) is 13.6. The van der Waals surface area contributed by atoms with Crippen molar-refractivity contribution in [3.63, 3.8) is 0 Å². The first-order valence-electron chi connectivity index (χ1n) is 6.66. The van der Waals surface area contributed by atoms with Crippen molar-refractivity contribution in [1.82, 2.24) is 0 Å². The lowest BCUT2D eigenvalue weighted by Crippen LogP contribution is -2.08. The minimum absolute atomic E-state index is 0.228. The largest absolute Gasteiger partial charge is 0.330 e. The average molecular weight is 263 g/mol. The Morgan fingerprint density at radius 1 is 1.50 bits per heavy atom. The van der Waals surface area contributed by atoms with Crippen LogP contribution >= 0.6 is 11.8 Å². The van der Waals surface area contributed by atoms with Gasteiger partial charge in [-0.1, -0.05) is 12.1 Å². The zero-order valence-electron chi connectivity index (χ0n) is 10.9. The number of Topliss-reactive ketones (excluding diaryl/α,β-unsaturated/α-hetero) is 1. The van der Waals surface area contributed by atoms with E-state index in [0.29, 0.717) is 12.3 Å². The number of benzene rings is 1. The van der Waals surface area contributed by atoms with Crippen LogP contribution in [0, 0.1) is 0 Å². The molecule has 0 aliphatic carbocycles. The number of rotatable bonds is 4. The van der Waals surface area contributed by atoms with E-state index in [-0.39, 0.29) is 5.78 Å². The van der Waals surface area contributed by atoms with Gasteiger partial charge < -0.3 is 5.73 Å². The van der Waals surface area contributed by atoms with E-state index in [1.807, 2.05) is 11.8 Å². The smallest absolute Gasteiger partial charge is 0.134 e. The highest BCUT2D eigenvalue weighted by atomic mass is 32.2. The molecule has 1 heterocycles. The maximum Gasteiger partial charge on any atom is 0.134 e. The maximum atomic E-state index is 11.2. The molecular formula is C15H21NOS. The Morgan fingerprint density at radius 3 is 3.06 bits per heavy atom. The van der Waals surface area contributed by atoms with Gasteiger partial charge in [-0.3, -0.25) is 4.79 Å². The van der Waals surface area contributed by atoms with E-state index in [1.54, 1.807) is 6.92 Å². The second kappa shape index (κ2) is 6.39. The van der Waals surface area contributed by atoms with E-state index < -0.39 is 0 Å². The highest BCUT2D eigenvalue weighted by Gasteiger charge is 2.19. The minimum atomic E-state index is 0.228. The summed E-state index contributed by atoms with van der Waals surface area (Å²) in [6, 6.07) is 6.51. The van der Waals surface area contributed by atoms with Crippen LogP contribution in [0.2, 0.25) is 0 Å². The molecular weight excluding hydrogens is 242 g/mol. The second-order valence-corrected chi connectivity index (χ2v) is 6.15. The summed E-state index contributed by atoms with van der Waals surface area (Å²) in [6.45, 7) is 2.39. The summed E-state index contributed by atoms with van der Waals surface area (Å²) in [5.74, 6) is 2.00. The fraction of sp³-hybridized carbons (Fsp3) is 0.533. The molecule has 2 N–H and O–H groups in total. The highest BCUT2D eigenvalue weighted by Crippen LogP contribution is 2.38. The van der Waals surface area contributed by atoms with Crippen molar-refractivity contribution in [2.45, 2.75) is 43.4 Å². The van der Waals surface area contributed by atoms with Gasteiger partial charge in [-0.2, -0.15) is 0 Å². The van der Waals surface area contributed by atoms with E-state index in [4.69, 9.17) is 5.73 Å². The van der Waals surface area contributed by atoms with Crippen LogP contribution < -0.4 is 5.73 Å². The van der Waals surface area contributed by atoms with Gasteiger partial charge in [-0.05, 0) is 61.6 Å². The van der Waals surface area contributed by atoms with Crippen LogP contribution in [0.15, 0.2) is 23.1 Å². The Morgan fingerprint density at radius 2 is 2.33 bits per heavy atom. The molecule has 0 saturated heterocycles. The molecule has 2 rings (SSSR count). The molecule has 0 saturated carbocycles. The van der Waals surface area contributed by atoms with Gasteiger partial charge in [0.1, 0.15) is 5.78 Å². The fourth-order valence-electron chi connectivity index (χ4n) is 2.61. The van der Waals surface area contributed by atoms with Crippen molar-refractivity contribution in [1.29, 1.82) is 0 Å². The topological polar surface area (TPSA) is 43.1 Å². The predicted molar refractivity (Wildman–Crippen MR) is 77.2 cm³/mol. The van der Waals surface area contributed by atoms with Gasteiger partial charge in [0.2, 0.25) is 0 Å². The van der Waals surface area contributed by atoms with Crippen molar-refractivity contribution in [3.8, 4) is 0 Å². The number of ketones is 1. The third-order valence-corrected chi connectivity index (χ3v) is 4.61. The van der Waals surface area contributed by atoms with Crippen LogP contribution in [0.5, 0.6) is 0 Å². The zero-order valence-corrected chi connectivity index (χ0v) is 11.8. The quantitative estimate of drug-likeness (QED) is 0.907. The molecule has 0 amide bonds. The zero-order chi connectivity index (χ0) is 13.0. The Kier molecular flexibility index (Phi) is 4.84. The van der Waals surface area contributed by atoms with Gasteiger partial charge in [0, 0.05) is 11.3 Å². The molecule has 0 aromatic heterocycles. The molecule has 1 atom stereocenters. The normalized spacial score (nSPS) is 19.1. The summed E-state index contributed by atoms with van der Waals surface area (Å²) in [6.07, 6.45) is 4.08. The van der Waals surface area contributed by atoms with E-state index in [9.17, 15) is 4.79 Å². The SMILES string of the molecule is CC(=O)Cc1ccc2c(c1)C(CCN)CCCS2. The van der Waals surface area contributed by atoms with Gasteiger partial charge in [-0.15, -0.1) is 11.8 Å². The molecule has 1 aliphatic rings. The lowest BCUT2D eigenvalue weighted by Gasteiger charge is -2.17. The summed E-state index contributed by atoms with van der Waals surface area (Å²) in [5.41, 5.74) is 8.29. The van der Waals surface area contributed by atoms with Crippen LogP contribution in [-0.2, 0) is 11.2 Å². The fourth-order valence-corrected chi connectivity index (χ4v) is 3.70. The van der Waals surface area contributed by atoms with E-state index in [1.165, 1.54) is 29.1 Å². The van der Waals surface area contributed by atoms with Gasteiger partial charge in [0.25, 0.3) is 0 Å². The molecule has 2 nitrogen and oxygen atoms in total. The third kappa shape index (κ3) is 3.36. The second-order valence-electron chi connectivity index (χ2n) is 5.02. The number of carbonyl (C=O) groups is 1. The average Bonchev–Trinajstić information content (AvgIpc) is 2.52. The maximum absolute atomic E-state index is 11.2. The Hall–Kier alpha value is -0.800. The van der Waals surface area contributed by atoms with E-state index in [0.717, 1.165) is 18.5 Å².